The second kappa shape index (κ2) is 5.84. The van der Waals surface area contributed by atoms with Gasteiger partial charge in [-0.3, -0.25) is 14.5 Å². The van der Waals surface area contributed by atoms with Gasteiger partial charge in [0.25, 0.3) is 0 Å². The molecular weight excluding hydrogens is 208 g/mol. The lowest BCUT2D eigenvalue weighted by molar-refractivity contribution is -0.142. The van der Waals surface area contributed by atoms with E-state index >= 15 is 0 Å². The third-order valence-corrected chi connectivity index (χ3v) is 3.07. The van der Waals surface area contributed by atoms with Crippen LogP contribution in [0, 0.1) is 0 Å². The first-order valence-electron chi connectivity index (χ1n) is 5.61. The number of ether oxygens (including phenoxy) is 1. The van der Waals surface area contributed by atoms with Crippen LogP contribution in [-0.2, 0) is 14.3 Å². The van der Waals surface area contributed by atoms with Gasteiger partial charge in [-0.1, -0.05) is 0 Å². The predicted molar refractivity (Wildman–Crippen MR) is 59.9 cm³/mol. The molecule has 0 N–H and O–H groups in total. The number of rotatable bonds is 3. The van der Waals surface area contributed by atoms with E-state index in [2.05, 4.69) is 9.64 Å². The molecule has 0 radical (unpaired) electrons. The van der Waals surface area contributed by atoms with Gasteiger partial charge in [0.05, 0.1) is 13.5 Å². The fourth-order valence-corrected chi connectivity index (χ4v) is 1.93. The van der Waals surface area contributed by atoms with Gasteiger partial charge in [0, 0.05) is 39.1 Å². The van der Waals surface area contributed by atoms with Crippen LogP contribution in [0.4, 0.5) is 0 Å². The summed E-state index contributed by atoms with van der Waals surface area (Å²) in [5, 5.41) is 0. The Bertz CT molecular complexity index is 260. The smallest absolute Gasteiger partial charge is 0.307 e. The van der Waals surface area contributed by atoms with Crippen LogP contribution in [0.2, 0.25) is 0 Å². The van der Waals surface area contributed by atoms with Crippen molar-refractivity contribution in [1.82, 2.24) is 9.80 Å². The first-order valence-corrected chi connectivity index (χ1v) is 5.61. The molecule has 92 valence electrons. The Morgan fingerprint density at radius 1 is 1.25 bits per heavy atom. The molecule has 1 heterocycles. The summed E-state index contributed by atoms with van der Waals surface area (Å²) in [5.41, 5.74) is 0. The van der Waals surface area contributed by atoms with Gasteiger partial charge >= 0.3 is 5.97 Å². The number of esters is 1. The molecule has 1 aliphatic rings. The maximum Gasteiger partial charge on any atom is 0.307 e. The number of carbonyl (C=O) groups is 2. The SMILES string of the molecule is COC(=O)C[C@H](C)N1CCN(C(C)=O)CC1. The van der Waals surface area contributed by atoms with E-state index in [1.165, 1.54) is 7.11 Å². The van der Waals surface area contributed by atoms with E-state index in [9.17, 15) is 9.59 Å². The highest BCUT2D eigenvalue weighted by Gasteiger charge is 2.23. The lowest BCUT2D eigenvalue weighted by Crippen LogP contribution is -2.51. The standard InChI is InChI=1S/C11H20N2O3/c1-9(8-11(15)16-3)12-4-6-13(7-5-12)10(2)14/h9H,4-8H2,1-3H3/t9-/m0/s1. The molecule has 5 heteroatoms. The van der Waals surface area contributed by atoms with E-state index < -0.39 is 0 Å². The van der Waals surface area contributed by atoms with Crippen molar-refractivity contribution in [2.75, 3.05) is 33.3 Å². The number of amides is 1. The monoisotopic (exact) mass is 228 g/mol. The van der Waals surface area contributed by atoms with Gasteiger partial charge in [-0.15, -0.1) is 0 Å². The van der Waals surface area contributed by atoms with Crippen molar-refractivity contribution in [3.8, 4) is 0 Å². The number of carbonyl (C=O) groups excluding carboxylic acids is 2. The van der Waals surface area contributed by atoms with Crippen molar-refractivity contribution in [3.05, 3.63) is 0 Å². The van der Waals surface area contributed by atoms with Crippen LogP contribution in [0.25, 0.3) is 0 Å². The maximum absolute atomic E-state index is 11.1. The summed E-state index contributed by atoms with van der Waals surface area (Å²) in [6.45, 7) is 6.77. The van der Waals surface area contributed by atoms with Gasteiger partial charge in [0.2, 0.25) is 5.91 Å². The molecular formula is C11H20N2O3. The minimum atomic E-state index is -0.179. The van der Waals surface area contributed by atoms with Crippen molar-refractivity contribution in [2.45, 2.75) is 26.3 Å². The highest BCUT2D eigenvalue weighted by Crippen LogP contribution is 2.09. The quantitative estimate of drug-likeness (QED) is 0.643. The Morgan fingerprint density at radius 3 is 2.25 bits per heavy atom. The first kappa shape index (κ1) is 13.0. The van der Waals surface area contributed by atoms with Crippen LogP contribution < -0.4 is 0 Å². The van der Waals surface area contributed by atoms with E-state index in [0.717, 1.165) is 26.2 Å². The number of hydrogen-bond acceptors (Lipinski definition) is 4. The van der Waals surface area contributed by atoms with Gasteiger partial charge in [-0.2, -0.15) is 0 Å². The summed E-state index contributed by atoms with van der Waals surface area (Å²) in [4.78, 5) is 26.3. The third-order valence-electron chi connectivity index (χ3n) is 3.07. The molecule has 0 aromatic heterocycles. The van der Waals surface area contributed by atoms with E-state index in [0.29, 0.717) is 6.42 Å². The zero-order chi connectivity index (χ0) is 12.1. The summed E-state index contributed by atoms with van der Waals surface area (Å²) < 4.78 is 4.64. The second-order valence-electron chi connectivity index (χ2n) is 4.17. The van der Waals surface area contributed by atoms with E-state index in [1.54, 1.807) is 6.92 Å². The van der Waals surface area contributed by atoms with Gasteiger partial charge in [-0.25, -0.2) is 0 Å². The molecule has 5 nitrogen and oxygen atoms in total. The van der Waals surface area contributed by atoms with Crippen molar-refractivity contribution >= 4 is 11.9 Å². The Hall–Kier alpha value is -1.10. The lowest BCUT2D eigenvalue weighted by atomic mass is 10.1. The molecule has 1 fully saturated rings. The molecule has 1 amide bonds. The van der Waals surface area contributed by atoms with Crippen molar-refractivity contribution in [1.29, 1.82) is 0 Å². The molecule has 0 bridgehead atoms. The molecule has 0 spiro atoms. The minimum absolute atomic E-state index is 0.125. The summed E-state index contributed by atoms with van der Waals surface area (Å²) in [5.74, 6) is -0.0539. The minimum Gasteiger partial charge on any atom is -0.469 e. The molecule has 1 saturated heterocycles. The molecule has 1 atom stereocenters. The average molecular weight is 228 g/mol. The van der Waals surface area contributed by atoms with Crippen LogP contribution in [0.3, 0.4) is 0 Å². The Balaban J connectivity index is 2.35. The highest BCUT2D eigenvalue weighted by atomic mass is 16.5. The summed E-state index contributed by atoms with van der Waals surface area (Å²) in [7, 11) is 1.41. The van der Waals surface area contributed by atoms with Gasteiger partial charge in [0.15, 0.2) is 0 Å². The fourth-order valence-electron chi connectivity index (χ4n) is 1.93. The van der Waals surface area contributed by atoms with Crippen LogP contribution in [-0.4, -0.2) is 61.0 Å². The number of hydrogen-bond donors (Lipinski definition) is 0. The maximum atomic E-state index is 11.1. The topological polar surface area (TPSA) is 49.9 Å². The predicted octanol–water partition coefficient (Wildman–Crippen LogP) is 0.102. The van der Waals surface area contributed by atoms with Crippen molar-refractivity contribution in [2.24, 2.45) is 0 Å². The largest absolute Gasteiger partial charge is 0.469 e. The Labute approximate surface area is 96.3 Å². The lowest BCUT2D eigenvalue weighted by Gasteiger charge is -2.37. The second-order valence-corrected chi connectivity index (χ2v) is 4.17. The summed E-state index contributed by atoms with van der Waals surface area (Å²) >= 11 is 0. The molecule has 0 saturated carbocycles. The molecule has 1 aliphatic heterocycles. The van der Waals surface area contributed by atoms with Crippen LogP contribution in [0.5, 0.6) is 0 Å². The average Bonchev–Trinajstić information content (AvgIpc) is 2.28. The van der Waals surface area contributed by atoms with Crippen LogP contribution in [0.15, 0.2) is 0 Å². The van der Waals surface area contributed by atoms with E-state index in [-0.39, 0.29) is 17.9 Å². The molecule has 0 aromatic carbocycles. The normalized spacial score (nSPS) is 19.3. The van der Waals surface area contributed by atoms with Gasteiger partial charge < -0.3 is 9.64 Å². The number of nitrogens with zero attached hydrogens (tertiary/aromatic N) is 2. The Morgan fingerprint density at radius 2 is 1.81 bits per heavy atom. The summed E-state index contributed by atoms with van der Waals surface area (Å²) in [6, 6.07) is 0.182. The van der Waals surface area contributed by atoms with Crippen molar-refractivity contribution < 1.29 is 14.3 Å². The van der Waals surface area contributed by atoms with Crippen molar-refractivity contribution in [3.63, 3.8) is 0 Å². The summed E-state index contributed by atoms with van der Waals surface area (Å²) in [6.07, 6.45) is 0.413. The zero-order valence-electron chi connectivity index (χ0n) is 10.2. The third kappa shape index (κ3) is 3.48. The molecule has 16 heavy (non-hydrogen) atoms. The van der Waals surface area contributed by atoms with E-state index in [1.807, 2.05) is 11.8 Å². The highest BCUT2D eigenvalue weighted by molar-refractivity contribution is 5.73. The van der Waals surface area contributed by atoms with E-state index in [4.69, 9.17) is 0 Å². The number of piperazine rings is 1. The molecule has 0 aliphatic carbocycles. The molecule has 0 aromatic rings. The molecule has 1 rings (SSSR count). The van der Waals surface area contributed by atoms with Crippen LogP contribution in [0.1, 0.15) is 20.3 Å². The molecule has 0 unspecified atom stereocenters. The van der Waals surface area contributed by atoms with Gasteiger partial charge in [0.1, 0.15) is 0 Å². The number of methoxy groups -OCH3 is 1. The van der Waals surface area contributed by atoms with Gasteiger partial charge in [-0.05, 0) is 6.92 Å². The fraction of sp³-hybridized carbons (Fsp3) is 0.818. The zero-order valence-corrected chi connectivity index (χ0v) is 10.2. The Kier molecular flexibility index (Phi) is 4.73. The van der Waals surface area contributed by atoms with Crippen LogP contribution >= 0.6 is 0 Å². The first-order chi connectivity index (χ1) is 7.54.